The molecule has 1 N–H and O–H groups in total. The molecule has 0 bridgehead atoms. The molecule has 2 heterocycles. The Bertz CT molecular complexity index is 677. The van der Waals surface area contributed by atoms with Crippen LogP contribution in [0.1, 0.15) is 34.8 Å². The molecule has 1 aromatic carbocycles. The number of aryl methyl sites for hydroxylation is 2. The van der Waals surface area contributed by atoms with Crippen molar-refractivity contribution in [2.24, 2.45) is 13.0 Å². The van der Waals surface area contributed by atoms with Gasteiger partial charge in [-0.2, -0.15) is 5.10 Å². The molecular formula is C19H26N4O. The van der Waals surface area contributed by atoms with Crippen LogP contribution in [-0.2, 0) is 20.0 Å². The van der Waals surface area contributed by atoms with Crippen molar-refractivity contribution in [1.82, 2.24) is 20.0 Å². The number of hydrogen-bond donors (Lipinski definition) is 1. The van der Waals surface area contributed by atoms with Crippen LogP contribution in [0.3, 0.4) is 0 Å². The smallest absolute Gasteiger partial charge is 0.251 e. The van der Waals surface area contributed by atoms with Crippen molar-refractivity contribution in [3.63, 3.8) is 0 Å². The summed E-state index contributed by atoms with van der Waals surface area (Å²) in [6.07, 6.45) is 6.12. The minimum Gasteiger partial charge on any atom is -0.352 e. The lowest BCUT2D eigenvalue weighted by Gasteiger charge is -2.15. The number of hydrogen-bond acceptors (Lipinski definition) is 3. The van der Waals surface area contributed by atoms with Gasteiger partial charge in [-0.3, -0.25) is 14.4 Å². The first-order chi connectivity index (χ1) is 11.6. The fraction of sp³-hybridized carbons (Fsp3) is 0.474. The highest BCUT2D eigenvalue weighted by Gasteiger charge is 2.23. The Morgan fingerprint density at radius 3 is 2.75 bits per heavy atom. The summed E-state index contributed by atoms with van der Waals surface area (Å²) >= 11 is 0. The van der Waals surface area contributed by atoms with Gasteiger partial charge in [0.15, 0.2) is 0 Å². The van der Waals surface area contributed by atoms with E-state index in [9.17, 15) is 4.79 Å². The van der Waals surface area contributed by atoms with Crippen LogP contribution in [0.2, 0.25) is 0 Å². The molecule has 1 aliphatic rings. The van der Waals surface area contributed by atoms with Gasteiger partial charge < -0.3 is 5.32 Å². The van der Waals surface area contributed by atoms with E-state index in [0.717, 1.165) is 44.6 Å². The molecule has 5 heteroatoms. The number of carbonyl (C=O) groups excluding carboxylic acids is 1. The van der Waals surface area contributed by atoms with Gasteiger partial charge in [0.1, 0.15) is 0 Å². The third-order valence-electron chi connectivity index (χ3n) is 4.71. The predicted molar refractivity (Wildman–Crippen MR) is 94.7 cm³/mol. The fourth-order valence-electron chi connectivity index (χ4n) is 3.27. The van der Waals surface area contributed by atoms with E-state index >= 15 is 0 Å². The number of likely N-dealkylation sites (tertiary alicyclic amines) is 1. The molecule has 1 aromatic heterocycles. The standard InChI is InChI=1S/C19H26N4O/c1-3-15-4-6-18(7-5-15)19(24)20-10-16-8-9-23(13-16)14-17-11-21-22(2)12-17/h4-7,11-12,16H,3,8-10,13-14H2,1-2H3,(H,20,24)/t16-/m0/s1. The molecular weight excluding hydrogens is 300 g/mol. The second-order valence-corrected chi connectivity index (χ2v) is 6.67. The largest absolute Gasteiger partial charge is 0.352 e. The Morgan fingerprint density at radius 1 is 1.29 bits per heavy atom. The van der Waals surface area contributed by atoms with Gasteiger partial charge in [-0.25, -0.2) is 0 Å². The summed E-state index contributed by atoms with van der Waals surface area (Å²) in [4.78, 5) is 14.7. The van der Waals surface area contributed by atoms with E-state index in [1.54, 1.807) is 0 Å². The van der Waals surface area contributed by atoms with Gasteiger partial charge in [0.05, 0.1) is 6.20 Å². The highest BCUT2D eigenvalue weighted by atomic mass is 16.1. The monoisotopic (exact) mass is 326 g/mol. The number of amides is 1. The molecule has 0 saturated carbocycles. The molecule has 24 heavy (non-hydrogen) atoms. The van der Waals surface area contributed by atoms with Crippen molar-refractivity contribution in [3.05, 3.63) is 53.3 Å². The molecule has 0 radical (unpaired) electrons. The molecule has 1 aliphatic heterocycles. The van der Waals surface area contributed by atoms with Crippen molar-refractivity contribution in [2.75, 3.05) is 19.6 Å². The Kier molecular flexibility index (Phi) is 5.30. The minimum absolute atomic E-state index is 0.0309. The van der Waals surface area contributed by atoms with Crippen LogP contribution in [0.5, 0.6) is 0 Å². The minimum atomic E-state index is 0.0309. The molecule has 0 unspecified atom stereocenters. The number of rotatable bonds is 6. The Balaban J connectivity index is 1.44. The van der Waals surface area contributed by atoms with E-state index in [2.05, 4.69) is 28.4 Å². The van der Waals surface area contributed by atoms with Crippen LogP contribution >= 0.6 is 0 Å². The van der Waals surface area contributed by atoms with Gasteiger partial charge in [-0.1, -0.05) is 19.1 Å². The maximum Gasteiger partial charge on any atom is 0.251 e. The van der Waals surface area contributed by atoms with E-state index in [1.807, 2.05) is 42.2 Å². The van der Waals surface area contributed by atoms with Crippen molar-refractivity contribution >= 4 is 5.91 Å². The van der Waals surface area contributed by atoms with Crippen molar-refractivity contribution in [2.45, 2.75) is 26.3 Å². The average molecular weight is 326 g/mol. The number of nitrogens with zero attached hydrogens (tertiary/aromatic N) is 3. The molecule has 0 spiro atoms. The van der Waals surface area contributed by atoms with E-state index in [0.29, 0.717) is 5.92 Å². The number of benzene rings is 1. The summed E-state index contributed by atoms with van der Waals surface area (Å²) in [6.45, 7) is 5.92. The van der Waals surface area contributed by atoms with E-state index in [-0.39, 0.29) is 5.91 Å². The van der Waals surface area contributed by atoms with Gasteiger partial charge in [-0.15, -0.1) is 0 Å². The zero-order valence-corrected chi connectivity index (χ0v) is 14.5. The molecule has 1 saturated heterocycles. The van der Waals surface area contributed by atoms with Gasteiger partial charge in [-0.05, 0) is 43.0 Å². The van der Waals surface area contributed by atoms with Crippen LogP contribution in [-0.4, -0.2) is 40.2 Å². The second-order valence-electron chi connectivity index (χ2n) is 6.67. The van der Waals surface area contributed by atoms with Crippen molar-refractivity contribution in [1.29, 1.82) is 0 Å². The van der Waals surface area contributed by atoms with E-state index in [4.69, 9.17) is 0 Å². The average Bonchev–Trinajstić information content (AvgIpc) is 3.22. The van der Waals surface area contributed by atoms with Gasteiger partial charge >= 0.3 is 0 Å². The Morgan fingerprint density at radius 2 is 2.08 bits per heavy atom. The molecule has 1 amide bonds. The summed E-state index contributed by atoms with van der Waals surface area (Å²) in [5, 5.41) is 7.30. The first-order valence-corrected chi connectivity index (χ1v) is 8.71. The van der Waals surface area contributed by atoms with E-state index in [1.165, 1.54) is 11.1 Å². The zero-order valence-electron chi connectivity index (χ0n) is 14.5. The van der Waals surface area contributed by atoms with Gasteiger partial charge in [0.25, 0.3) is 5.91 Å². The second kappa shape index (κ2) is 7.62. The molecule has 1 atom stereocenters. The Labute approximate surface area is 143 Å². The Hall–Kier alpha value is -2.14. The maximum atomic E-state index is 12.2. The summed E-state index contributed by atoms with van der Waals surface area (Å²) < 4.78 is 1.84. The molecule has 1 fully saturated rings. The zero-order chi connectivity index (χ0) is 16.9. The van der Waals surface area contributed by atoms with Gasteiger partial charge in [0, 0.05) is 44.0 Å². The lowest BCUT2D eigenvalue weighted by atomic mass is 10.1. The summed E-state index contributed by atoms with van der Waals surface area (Å²) in [5.74, 6) is 0.559. The third-order valence-corrected chi connectivity index (χ3v) is 4.71. The fourth-order valence-corrected chi connectivity index (χ4v) is 3.27. The number of nitrogens with one attached hydrogen (secondary N) is 1. The highest BCUT2D eigenvalue weighted by Crippen LogP contribution is 2.18. The topological polar surface area (TPSA) is 50.2 Å². The summed E-state index contributed by atoms with van der Waals surface area (Å²) in [5.41, 5.74) is 3.25. The lowest BCUT2D eigenvalue weighted by molar-refractivity contribution is 0.0947. The molecule has 3 rings (SSSR count). The highest BCUT2D eigenvalue weighted by molar-refractivity contribution is 5.94. The summed E-state index contributed by atoms with van der Waals surface area (Å²) in [7, 11) is 1.94. The quantitative estimate of drug-likeness (QED) is 0.886. The maximum absolute atomic E-state index is 12.2. The summed E-state index contributed by atoms with van der Waals surface area (Å²) in [6, 6.07) is 7.88. The third kappa shape index (κ3) is 4.23. The van der Waals surface area contributed by atoms with Crippen LogP contribution in [0.4, 0.5) is 0 Å². The number of aromatic nitrogens is 2. The van der Waals surface area contributed by atoms with Gasteiger partial charge in [0.2, 0.25) is 0 Å². The van der Waals surface area contributed by atoms with Crippen molar-refractivity contribution in [3.8, 4) is 0 Å². The van der Waals surface area contributed by atoms with Crippen LogP contribution < -0.4 is 5.32 Å². The lowest BCUT2D eigenvalue weighted by Crippen LogP contribution is -2.30. The van der Waals surface area contributed by atoms with Crippen LogP contribution in [0.25, 0.3) is 0 Å². The first-order valence-electron chi connectivity index (χ1n) is 8.71. The molecule has 0 aliphatic carbocycles. The molecule has 2 aromatic rings. The first kappa shape index (κ1) is 16.7. The normalized spacial score (nSPS) is 18.0. The SMILES string of the molecule is CCc1ccc(C(=O)NC[C@@H]2CCN(Cc3cnn(C)c3)C2)cc1. The molecule has 5 nitrogen and oxygen atoms in total. The number of carbonyl (C=O) groups is 1. The van der Waals surface area contributed by atoms with Crippen LogP contribution in [0.15, 0.2) is 36.7 Å². The molecule has 128 valence electrons. The predicted octanol–water partition coefficient (Wildman–Crippen LogP) is 2.23. The van der Waals surface area contributed by atoms with Crippen LogP contribution in [0, 0.1) is 5.92 Å². The van der Waals surface area contributed by atoms with E-state index < -0.39 is 0 Å². The van der Waals surface area contributed by atoms with Crippen molar-refractivity contribution < 1.29 is 4.79 Å².